The molecule has 19 heavy (non-hydrogen) atoms. The SMILES string of the molecule is O=C(NC(C(=O)O)C1CCCOC1)C1CCSCC1. The zero-order valence-electron chi connectivity index (χ0n) is 11.0. The summed E-state index contributed by atoms with van der Waals surface area (Å²) in [6.45, 7) is 1.12. The predicted molar refractivity (Wildman–Crippen MR) is 73.2 cm³/mol. The van der Waals surface area contributed by atoms with Gasteiger partial charge in [0.15, 0.2) is 0 Å². The zero-order chi connectivity index (χ0) is 13.7. The lowest BCUT2D eigenvalue weighted by Gasteiger charge is -2.30. The molecule has 5 nitrogen and oxygen atoms in total. The maximum atomic E-state index is 12.1. The molecule has 0 aromatic rings. The molecule has 6 heteroatoms. The average molecular weight is 287 g/mol. The molecule has 2 N–H and O–H groups in total. The van der Waals surface area contributed by atoms with Crippen LogP contribution in [-0.4, -0.2) is 47.7 Å². The van der Waals surface area contributed by atoms with Gasteiger partial charge in [0.2, 0.25) is 5.91 Å². The molecule has 0 bridgehead atoms. The van der Waals surface area contributed by atoms with Crippen LogP contribution in [0.3, 0.4) is 0 Å². The molecule has 0 aliphatic carbocycles. The van der Waals surface area contributed by atoms with E-state index in [1.54, 1.807) is 0 Å². The Morgan fingerprint density at radius 3 is 2.58 bits per heavy atom. The molecule has 2 heterocycles. The molecule has 0 spiro atoms. The van der Waals surface area contributed by atoms with Crippen molar-refractivity contribution in [2.75, 3.05) is 24.7 Å². The van der Waals surface area contributed by atoms with Crippen molar-refractivity contribution in [3.8, 4) is 0 Å². The zero-order valence-corrected chi connectivity index (χ0v) is 11.8. The van der Waals surface area contributed by atoms with Gasteiger partial charge in [-0.15, -0.1) is 0 Å². The molecule has 2 fully saturated rings. The standard InChI is InChI=1S/C13H21NO4S/c15-12(9-3-6-19-7-4-9)14-11(13(16)17)10-2-1-5-18-8-10/h9-11H,1-8H2,(H,14,15)(H,16,17). The van der Waals surface area contributed by atoms with E-state index in [9.17, 15) is 14.7 Å². The summed E-state index contributed by atoms with van der Waals surface area (Å²) in [7, 11) is 0. The Kier molecular flexibility index (Phi) is 5.51. The second-order valence-electron chi connectivity index (χ2n) is 5.19. The van der Waals surface area contributed by atoms with Gasteiger partial charge in [-0.3, -0.25) is 4.79 Å². The van der Waals surface area contributed by atoms with E-state index in [0.717, 1.165) is 37.2 Å². The third-order valence-electron chi connectivity index (χ3n) is 3.82. The summed E-state index contributed by atoms with van der Waals surface area (Å²) < 4.78 is 5.32. The Balaban J connectivity index is 1.91. The first-order chi connectivity index (χ1) is 9.18. The number of carbonyl (C=O) groups is 2. The highest BCUT2D eigenvalue weighted by molar-refractivity contribution is 7.99. The summed E-state index contributed by atoms with van der Waals surface area (Å²) >= 11 is 1.85. The lowest BCUT2D eigenvalue weighted by Crippen LogP contribution is -2.50. The molecule has 2 atom stereocenters. The number of hydrogen-bond acceptors (Lipinski definition) is 4. The van der Waals surface area contributed by atoms with Gasteiger partial charge in [-0.25, -0.2) is 4.79 Å². The first kappa shape index (κ1) is 14.7. The number of carboxylic acids is 1. The predicted octanol–water partition coefficient (Wildman–Crippen LogP) is 1.13. The summed E-state index contributed by atoms with van der Waals surface area (Å²) in [6, 6.07) is -0.803. The fourth-order valence-corrected chi connectivity index (χ4v) is 3.75. The molecule has 2 rings (SSSR count). The van der Waals surface area contributed by atoms with E-state index in [2.05, 4.69) is 5.32 Å². The van der Waals surface area contributed by atoms with Crippen molar-refractivity contribution in [2.24, 2.45) is 11.8 Å². The maximum absolute atomic E-state index is 12.1. The molecule has 2 aliphatic rings. The van der Waals surface area contributed by atoms with E-state index in [-0.39, 0.29) is 17.7 Å². The number of hydrogen-bond donors (Lipinski definition) is 2. The van der Waals surface area contributed by atoms with E-state index >= 15 is 0 Å². The third kappa shape index (κ3) is 4.11. The average Bonchev–Trinajstić information content (AvgIpc) is 2.46. The van der Waals surface area contributed by atoms with Crippen molar-refractivity contribution in [1.82, 2.24) is 5.32 Å². The van der Waals surface area contributed by atoms with Crippen molar-refractivity contribution in [3.05, 3.63) is 0 Å². The molecule has 0 saturated carbocycles. The lowest BCUT2D eigenvalue weighted by atomic mass is 9.92. The highest BCUT2D eigenvalue weighted by Gasteiger charge is 2.33. The summed E-state index contributed by atoms with van der Waals surface area (Å²) in [5, 5.41) is 12.0. The van der Waals surface area contributed by atoms with Crippen LogP contribution in [0.1, 0.15) is 25.7 Å². The van der Waals surface area contributed by atoms with E-state index in [1.165, 1.54) is 0 Å². The van der Waals surface area contributed by atoms with Gasteiger partial charge >= 0.3 is 5.97 Å². The minimum atomic E-state index is -0.950. The maximum Gasteiger partial charge on any atom is 0.326 e. The largest absolute Gasteiger partial charge is 0.480 e. The number of nitrogens with one attached hydrogen (secondary N) is 1. The van der Waals surface area contributed by atoms with Crippen molar-refractivity contribution in [3.63, 3.8) is 0 Å². The Labute approximate surface area is 117 Å². The summed E-state index contributed by atoms with van der Waals surface area (Å²) in [5.74, 6) is 0.804. The van der Waals surface area contributed by atoms with Gasteiger partial charge in [-0.1, -0.05) is 0 Å². The molecule has 108 valence electrons. The number of carboxylic acid groups (broad SMARTS) is 1. The number of carbonyl (C=O) groups excluding carboxylic acids is 1. The topological polar surface area (TPSA) is 75.6 Å². The van der Waals surface area contributed by atoms with E-state index in [4.69, 9.17) is 4.74 Å². The molecular weight excluding hydrogens is 266 g/mol. The molecule has 0 aromatic heterocycles. The molecule has 2 aliphatic heterocycles. The van der Waals surface area contributed by atoms with Crippen molar-refractivity contribution < 1.29 is 19.4 Å². The summed E-state index contributed by atoms with van der Waals surface area (Å²) in [6.07, 6.45) is 3.37. The Bertz CT molecular complexity index is 325. The quantitative estimate of drug-likeness (QED) is 0.810. The van der Waals surface area contributed by atoms with E-state index < -0.39 is 12.0 Å². The van der Waals surface area contributed by atoms with Gasteiger partial charge in [0.25, 0.3) is 0 Å². The van der Waals surface area contributed by atoms with Crippen LogP contribution in [0.5, 0.6) is 0 Å². The molecule has 2 unspecified atom stereocenters. The minimum Gasteiger partial charge on any atom is -0.480 e. The normalized spacial score (nSPS) is 26.6. The highest BCUT2D eigenvalue weighted by Crippen LogP contribution is 2.24. The fraction of sp³-hybridized carbons (Fsp3) is 0.846. The van der Waals surface area contributed by atoms with Gasteiger partial charge in [0, 0.05) is 18.4 Å². The minimum absolute atomic E-state index is 0.0207. The first-order valence-electron chi connectivity index (χ1n) is 6.87. The Morgan fingerprint density at radius 1 is 1.26 bits per heavy atom. The van der Waals surface area contributed by atoms with E-state index in [0.29, 0.717) is 13.2 Å². The molecule has 1 amide bonds. The molecule has 2 saturated heterocycles. The number of aliphatic carboxylic acids is 1. The second kappa shape index (κ2) is 7.14. The van der Waals surface area contributed by atoms with Crippen LogP contribution in [-0.2, 0) is 14.3 Å². The molecule has 0 radical (unpaired) electrons. The number of rotatable bonds is 4. The van der Waals surface area contributed by atoms with Crippen LogP contribution >= 0.6 is 11.8 Å². The van der Waals surface area contributed by atoms with Crippen LogP contribution in [0.4, 0.5) is 0 Å². The molecular formula is C13H21NO4S. The van der Waals surface area contributed by atoms with Gasteiger partial charge in [0.1, 0.15) is 6.04 Å². The van der Waals surface area contributed by atoms with Crippen molar-refractivity contribution in [1.29, 1.82) is 0 Å². The first-order valence-corrected chi connectivity index (χ1v) is 8.02. The van der Waals surface area contributed by atoms with Gasteiger partial charge in [-0.05, 0) is 37.2 Å². The molecule has 0 aromatic carbocycles. The van der Waals surface area contributed by atoms with E-state index in [1.807, 2.05) is 11.8 Å². The second-order valence-corrected chi connectivity index (χ2v) is 6.41. The number of amides is 1. The van der Waals surface area contributed by atoms with Crippen LogP contribution in [0.15, 0.2) is 0 Å². The Hall–Kier alpha value is -0.750. The fourth-order valence-electron chi connectivity index (χ4n) is 2.64. The smallest absolute Gasteiger partial charge is 0.326 e. The Morgan fingerprint density at radius 2 is 2.00 bits per heavy atom. The number of thioether (sulfide) groups is 1. The third-order valence-corrected chi connectivity index (χ3v) is 4.87. The van der Waals surface area contributed by atoms with Crippen LogP contribution in [0.25, 0.3) is 0 Å². The van der Waals surface area contributed by atoms with Crippen molar-refractivity contribution in [2.45, 2.75) is 31.7 Å². The number of ether oxygens (including phenoxy) is 1. The van der Waals surface area contributed by atoms with Crippen LogP contribution < -0.4 is 5.32 Å². The van der Waals surface area contributed by atoms with Gasteiger partial charge in [0.05, 0.1) is 6.61 Å². The summed E-state index contributed by atoms with van der Waals surface area (Å²) in [5.41, 5.74) is 0. The van der Waals surface area contributed by atoms with Crippen LogP contribution in [0, 0.1) is 11.8 Å². The monoisotopic (exact) mass is 287 g/mol. The van der Waals surface area contributed by atoms with Gasteiger partial charge < -0.3 is 15.2 Å². The van der Waals surface area contributed by atoms with Gasteiger partial charge in [-0.2, -0.15) is 11.8 Å². The highest BCUT2D eigenvalue weighted by atomic mass is 32.2. The van der Waals surface area contributed by atoms with Crippen LogP contribution in [0.2, 0.25) is 0 Å². The van der Waals surface area contributed by atoms with Crippen molar-refractivity contribution >= 4 is 23.6 Å². The lowest BCUT2D eigenvalue weighted by molar-refractivity contribution is -0.145. The summed E-state index contributed by atoms with van der Waals surface area (Å²) in [4.78, 5) is 23.5.